The van der Waals surface area contributed by atoms with Gasteiger partial charge in [0.2, 0.25) is 5.91 Å². The summed E-state index contributed by atoms with van der Waals surface area (Å²) in [5, 5.41) is 9.89. The third-order valence-electron chi connectivity index (χ3n) is 13.1. The highest BCUT2D eigenvalue weighted by molar-refractivity contribution is 5.98. The molecular weight excluding hydrogens is 713 g/mol. The maximum Gasteiger partial charge on any atom is 0.407 e. The van der Waals surface area contributed by atoms with Crippen molar-refractivity contribution in [1.82, 2.24) is 20.9 Å². The van der Waals surface area contributed by atoms with E-state index < -0.39 is 12.1 Å². The Kier molecular flexibility index (Phi) is 11.9. The summed E-state index contributed by atoms with van der Waals surface area (Å²) in [6, 6.07) is 14.6. The van der Waals surface area contributed by atoms with Gasteiger partial charge in [-0.2, -0.15) is 0 Å². The molecule has 5 heterocycles. The fourth-order valence-electron chi connectivity index (χ4n) is 9.46. The number of aryl methyl sites for hydroxylation is 1. The van der Waals surface area contributed by atoms with Gasteiger partial charge in [-0.1, -0.05) is 56.3 Å². The minimum Gasteiger partial charge on any atom is -0.453 e. The zero-order valence-corrected chi connectivity index (χ0v) is 34.9. The number of rotatable bonds is 9. The van der Waals surface area contributed by atoms with Crippen molar-refractivity contribution in [3.63, 3.8) is 0 Å². The van der Waals surface area contributed by atoms with Crippen molar-refractivity contribution in [2.24, 2.45) is 10.9 Å². The summed E-state index contributed by atoms with van der Waals surface area (Å²) in [6.45, 7) is 11.7. The van der Waals surface area contributed by atoms with E-state index >= 15 is 0 Å². The quantitative estimate of drug-likeness (QED) is 0.222. The van der Waals surface area contributed by atoms with Gasteiger partial charge in [-0.05, 0) is 123 Å². The van der Waals surface area contributed by atoms with Crippen LogP contribution in [0, 0.1) is 5.92 Å². The maximum atomic E-state index is 14.2. The molecule has 3 N–H and O–H groups in total. The number of benzene rings is 2. The van der Waals surface area contributed by atoms with Gasteiger partial charge in [0.05, 0.1) is 38.1 Å². The van der Waals surface area contributed by atoms with Gasteiger partial charge in [-0.15, -0.1) is 0 Å². The van der Waals surface area contributed by atoms with E-state index in [2.05, 4.69) is 95.4 Å². The Labute approximate surface area is 338 Å². The fraction of sp³-hybridized carbons (Fsp3) is 0.489. The summed E-state index contributed by atoms with van der Waals surface area (Å²) < 4.78 is 5.11. The van der Waals surface area contributed by atoms with Crippen LogP contribution < -0.4 is 16.0 Å². The van der Waals surface area contributed by atoms with Gasteiger partial charge in [0.25, 0.3) is 0 Å². The Bertz CT molecular complexity index is 2060. The second kappa shape index (κ2) is 16.9. The van der Waals surface area contributed by atoms with Crippen LogP contribution in [0.3, 0.4) is 0 Å². The minimum absolute atomic E-state index is 0.0195. The number of carbonyl (C=O) groups excluding carboxylic acids is 3. The summed E-state index contributed by atoms with van der Waals surface area (Å²) in [5.41, 5.74) is 12.6. The first-order valence-electron chi connectivity index (χ1n) is 21.0. The summed E-state index contributed by atoms with van der Waals surface area (Å²) in [5.74, 6) is 0.140. The number of hydrogen-bond acceptors (Lipinski definition) is 7. The van der Waals surface area contributed by atoms with Crippen LogP contribution in [-0.2, 0) is 20.7 Å². The predicted molar refractivity (Wildman–Crippen MR) is 227 cm³/mol. The lowest BCUT2D eigenvalue weighted by Gasteiger charge is -2.38. The van der Waals surface area contributed by atoms with Crippen LogP contribution in [0.15, 0.2) is 87.8 Å². The monoisotopic (exact) mass is 773 g/mol. The van der Waals surface area contributed by atoms with Gasteiger partial charge >= 0.3 is 12.0 Å². The van der Waals surface area contributed by atoms with Crippen molar-refractivity contribution >= 4 is 35.4 Å². The molecule has 10 heteroatoms. The van der Waals surface area contributed by atoms with E-state index in [9.17, 15) is 14.4 Å². The zero-order chi connectivity index (χ0) is 40.4. The molecule has 2 aromatic rings. The Morgan fingerprint density at radius 2 is 1.74 bits per heavy atom. The molecule has 0 radical (unpaired) electrons. The van der Waals surface area contributed by atoms with Crippen LogP contribution in [0.25, 0.3) is 17.2 Å². The number of methoxy groups -OCH3 is 1. The molecule has 2 aromatic carbocycles. The molecule has 302 valence electrons. The van der Waals surface area contributed by atoms with Crippen LogP contribution in [0.5, 0.6) is 0 Å². The molecule has 5 atom stereocenters. The van der Waals surface area contributed by atoms with Gasteiger partial charge < -0.3 is 25.6 Å². The number of aliphatic imine (C=N–C) groups is 1. The highest BCUT2D eigenvalue weighted by Gasteiger charge is 2.50. The number of allylic oxidation sites excluding steroid dienone is 4. The van der Waals surface area contributed by atoms with E-state index in [0.717, 1.165) is 111 Å². The van der Waals surface area contributed by atoms with Crippen LogP contribution in [0.2, 0.25) is 0 Å². The number of nitrogens with zero attached hydrogens (tertiary/aromatic N) is 3. The average molecular weight is 774 g/mol. The summed E-state index contributed by atoms with van der Waals surface area (Å²) in [6.07, 6.45) is 14.5. The van der Waals surface area contributed by atoms with Gasteiger partial charge in [-0.3, -0.25) is 14.3 Å². The van der Waals surface area contributed by atoms with Gasteiger partial charge in [0.1, 0.15) is 18.1 Å². The largest absolute Gasteiger partial charge is 0.453 e. The molecule has 7 rings (SSSR count). The maximum absolute atomic E-state index is 14.2. The Hall–Kier alpha value is -4.96. The number of likely N-dealkylation sites (N-methyl/N-ethyl adjacent to an activating group) is 1. The number of nitrogens with one attached hydrogen (secondary N) is 3. The molecular formula is C47H61N6O4+. The molecule has 0 aromatic heterocycles. The van der Waals surface area contributed by atoms with Crippen molar-refractivity contribution in [3.8, 4) is 11.1 Å². The second-order valence-electron chi connectivity index (χ2n) is 17.2. The summed E-state index contributed by atoms with van der Waals surface area (Å²) in [4.78, 5) is 47.1. The van der Waals surface area contributed by atoms with Crippen LogP contribution in [0.4, 0.5) is 10.5 Å². The van der Waals surface area contributed by atoms with Crippen LogP contribution >= 0.6 is 0 Å². The molecule has 3 amide bonds. The lowest BCUT2D eigenvalue weighted by molar-refractivity contribution is -0.842. The molecule has 2 saturated heterocycles. The smallest absolute Gasteiger partial charge is 0.407 e. The highest BCUT2D eigenvalue weighted by Crippen LogP contribution is 2.36. The first-order chi connectivity index (χ1) is 27.4. The lowest BCUT2D eigenvalue weighted by atomic mass is 9.96. The first kappa shape index (κ1) is 40.2. The molecule has 2 fully saturated rings. The topological polar surface area (TPSA) is 112 Å². The average Bonchev–Trinajstić information content (AvgIpc) is 3.75. The Morgan fingerprint density at radius 1 is 0.965 bits per heavy atom. The van der Waals surface area contributed by atoms with Crippen molar-refractivity contribution in [3.05, 3.63) is 94.0 Å². The van der Waals surface area contributed by atoms with Crippen molar-refractivity contribution in [1.29, 1.82) is 0 Å². The number of hydrogen-bond donors (Lipinski definition) is 3. The zero-order valence-electron chi connectivity index (χ0n) is 34.9. The highest BCUT2D eigenvalue weighted by atomic mass is 16.5. The standard InChI is InChI=1S/C47H60N6O4/c1-29(2)42(51-47(56)57-7)46(55)53(6)27-11-17-41(53)43-30(3)12-8-14-37(49-43)24-20-33-18-21-34(22-19-33)35-23-25-38-36(28-35)13-9-15-39(50-38)40-16-10-26-52(40)45(54)44-31(4)32(5)48-44/h14,18-25,28-29,40-42,44,48-49H,8-13,15-17,26-27H2,1-7H3/p+1. The van der Waals surface area contributed by atoms with Gasteiger partial charge in [-0.25, -0.2) is 9.59 Å². The number of carbonyl (C=O) groups is 3. The number of alkyl carbamates (subject to hydrolysis) is 1. The van der Waals surface area contributed by atoms with Crippen molar-refractivity contribution in [2.75, 3.05) is 27.2 Å². The third-order valence-corrected chi connectivity index (χ3v) is 13.1. The van der Waals surface area contributed by atoms with E-state index in [0.29, 0.717) is 0 Å². The van der Waals surface area contributed by atoms with E-state index in [1.807, 2.05) is 27.8 Å². The molecule has 57 heavy (non-hydrogen) atoms. The number of fused-ring (bicyclic) bond motifs is 1. The Morgan fingerprint density at radius 3 is 2.46 bits per heavy atom. The Balaban J connectivity index is 1.02. The fourth-order valence-corrected chi connectivity index (χ4v) is 9.46. The lowest BCUT2D eigenvalue weighted by Crippen LogP contribution is -2.62. The van der Waals surface area contributed by atoms with Crippen molar-refractivity contribution < 1.29 is 23.6 Å². The minimum atomic E-state index is -0.632. The van der Waals surface area contributed by atoms with E-state index in [-0.39, 0.29) is 40.3 Å². The molecule has 0 aliphatic carbocycles. The number of likely N-dealkylation sites (tertiary alicyclic amines) is 2. The van der Waals surface area contributed by atoms with Crippen LogP contribution in [-0.4, -0.2) is 84.4 Å². The molecule has 0 saturated carbocycles. The number of quaternary nitrogens is 1. The molecule has 5 unspecified atom stereocenters. The van der Waals surface area contributed by atoms with Crippen LogP contribution in [0.1, 0.15) is 97.1 Å². The van der Waals surface area contributed by atoms with E-state index in [1.54, 1.807) is 0 Å². The van der Waals surface area contributed by atoms with E-state index in [4.69, 9.17) is 9.73 Å². The number of amides is 3. The van der Waals surface area contributed by atoms with Crippen molar-refractivity contribution in [2.45, 2.75) is 117 Å². The molecule has 0 spiro atoms. The summed E-state index contributed by atoms with van der Waals surface area (Å²) in [7, 11) is 3.36. The molecule has 5 aliphatic rings. The van der Waals surface area contributed by atoms with Gasteiger partial charge in [0, 0.05) is 36.5 Å². The SMILES string of the molecule is COC(=O)NC(C(=O)[N+]1(C)CCCC1C1=C(C)CCC=C(C=Cc2ccc(-c3ccc4c(c3)CCCC(C3CCCN3C(=O)C3NC(C)=C3C)=N4)cc2)N1)C(C)C. The third kappa shape index (κ3) is 8.24. The molecule has 10 nitrogen and oxygen atoms in total. The molecule has 5 aliphatic heterocycles. The predicted octanol–water partition coefficient (Wildman–Crippen LogP) is 8.09. The number of ether oxygens (including phenoxy) is 1. The normalized spacial score (nSPS) is 25.5. The van der Waals surface area contributed by atoms with E-state index in [1.165, 1.54) is 29.4 Å². The second-order valence-corrected chi connectivity index (χ2v) is 17.2. The molecule has 0 bridgehead atoms. The first-order valence-corrected chi connectivity index (χ1v) is 21.0. The summed E-state index contributed by atoms with van der Waals surface area (Å²) >= 11 is 0. The van der Waals surface area contributed by atoms with Gasteiger partial charge in [0.15, 0.2) is 0 Å².